The zero-order valence-corrected chi connectivity index (χ0v) is 9.74. The van der Waals surface area contributed by atoms with Gasteiger partial charge in [-0.3, -0.25) is 0 Å². The minimum absolute atomic E-state index is 0.174. The van der Waals surface area contributed by atoms with Gasteiger partial charge in [0.05, 0.1) is 11.3 Å². The zero-order chi connectivity index (χ0) is 12.3. The Morgan fingerprint density at radius 2 is 2.24 bits per heavy atom. The molecule has 2 aromatic rings. The van der Waals surface area contributed by atoms with Gasteiger partial charge in [-0.25, -0.2) is 4.79 Å². The van der Waals surface area contributed by atoms with Crippen LogP contribution in [0.5, 0.6) is 0 Å². The molecule has 4 nitrogen and oxygen atoms in total. The summed E-state index contributed by atoms with van der Waals surface area (Å²) in [6, 6.07) is 9.04. The molecule has 0 atom stereocenters. The molecule has 88 valence electrons. The predicted octanol–water partition coefficient (Wildman–Crippen LogP) is 2.85. The molecular formula is C12H11NO3S. The summed E-state index contributed by atoms with van der Waals surface area (Å²) in [5, 5.41) is 8.74. The first-order valence-corrected chi connectivity index (χ1v) is 5.93. The van der Waals surface area contributed by atoms with Gasteiger partial charge >= 0.3 is 5.97 Å². The van der Waals surface area contributed by atoms with Crippen molar-refractivity contribution in [2.75, 3.05) is 5.73 Å². The Kier molecular flexibility index (Phi) is 3.39. The second kappa shape index (κ2) is 4.97. The zero-order valence-electron chi connectivity index (χ0n) is 8.92. The molecule has 0 unspecified atom stereocenters. The Bertz CT molecular complexity index is 536. The van der Waals surface area contributed by atoms with E-state index >= 15 is 0 Å². The van der Waals surface area contributed by atoms with Crippen LogP contribution in [0.3, 0.4) is 0 Å². The lowest BCUT2D eigenvalue weighted by Crippen LogP contribution is -1.91. The molecule has 1 aromatic heterocycles. The third-order valence-corrected chi connectivity index (χ3v) is 3.16. The summed E-state index contributed by atoms with van der Waals surface area (Å²) in [6.07, 6.45) is 1.25. The highest BCUT2D eigenvalue weighted by atomic mass is 32.2. The first-order valence-electron chi connectivity index (χ1n) is 4.94. The molecule has 0 bridgehead atoms. The van der Waals surface area contributed by atoms with E-state index in [1.807, 2.05) is 24.3 Å². The second-order valence-corrected chi connectivity index (χ2v) is 4.52. The minimum Gasteiger partial charge on any atom is -0.478 e. The number of nitrogen functional groups attached to an aromatic ring is 1. The van der Waals surface area contributed by atoms with Crippen LogP contribution in [0.4, 0.5) is 5.69 Å². The molecule has 3 N–H and O–H groups in total. The van der Waals surface area contributed by atoms with Crippen LogP contribution in [0, 0.1) is 0 Å². The summed E-state index contributed by atoms with van der Waals surface area (Å²) in [7, 11) is 0. The fourth-order valence-corrected chi connectivity index (χ4v) is 2.18. The van der Waals surface area contributed by atoms with Gasteiger partial charge in [-0.05, 0) is 24.3 Å². The van der Waals surface area contributed by atoms with E-state index in [0.29, 0.717) is 17.2 Å². The van der Waals surface area contributed by atoms with E-state index in [1.165, 1.54) is 12.3 Å². The monoisotopic (exact) mass is 249 g/mol. The summed E-state index contributed by atoms with van der Waals surface area (Å²) in [6.45, 7) is 0. The van der Waals surface area contributed by atoms with E-state index in [2.05, 4.69) is 0 Å². The van der Waals surface area contributed by atoms with Crippen molar-refractivity contribution in [3.8, 4) is 0 Å². The van der Waals surface area contributed by atoms with Crippen LogP contribution in [0.15, 0.2) is 45.9 Å². The molecule has 2 rings (SSSR count). The molecule has 0 aliphatic heterocycles. The molecule has 0 amide bonds. The third kappa shape index (κ3) is 3.04. The number of carbonyl (C=O) groups is 1. The second-order valence-electron chi connectivity index (χ2n) is 3.47. The van der Waals surface area contributed by atoms with Gasteiger partial charge < -0.3 is 15.3 Å². The van der Waals surface area contributed by atoms with Crippen molar-refractivity contribution in [2.24, 2.45) is 0 Å². The van der Waals surface area contributed by atoms with Crippen LogP contribution in [0.25, 0.3) is 0 Å². The van der Waals surface area contributed by atoms with Crippen molar-refractivity contribution in [1.82, 2.24) is 0 Å². The maximum absolute atomic E-state index is 10.6. The maximum atomic E-state index is 10.6. The highest BCUT2D eigenvalue weighted by Gasteiger charge is 2.08. The number of furan rings is 1. The average Bonchev–Trinajstić information content (AvgIpc) is 2.75. The Morgan fingerprint density at radius 3 is 2.88 bits per heavy atom. The minimum atomic E-state index is -0.978. The van der Waals surface area contributed by atoms with E-state index < -0.39 is 5.97 Å². The number of rotatable bonds is 4. The number of hydrogen-bond acceptors (Lipinski definition) is 4. The lowest BCUT2D eigenvalue weighted by molar-refractivity contribution is 0.0696. The topological polar surface area (TPSA) is 76.5 Å². The Morgan fingerprint density at radius 1 is 1.41 bits per heavy atom. The van der Waals surface area contributed by atoms with Crippen LogP contribution < -0.4 is 5.73 Å². The molecule has 0 fully saturated rings. The molecule has 0 radical (unpaired) electrons. The highest BCUT2D eigenvalue weighted by Crippen LogP contribution is 2.25. The van der Waals surface area contributed by atoms with Crippen LogP contribution in [0.1, 0.15) is 16.1 Å². The number of thioether (sulfide) groups is 1. The summed E-state index contributed by atoms with van der Waals surface area (Å²) in [5.41, 5.74) is 6.54. The van der Waals surface area contributed by atoms with E-state index in [1.54, 1.807) is 11.8 Å². The Labute approximate surface area is 102 Å². The summed E-state index contributed by atoms with van der Waals surface area (Å²) < 4.78 is 5.14. The van der Waals surface area contributed by atoms with Gasteiger partial charge in [0.15, 0.2) is 0 Å². The van der Waals surface area contributed by atoms with E-state index in [0.717, 1.165) is 4.90 Å². The lowest BCUT2D eigenvalue weighted by Gasteiger charge is -2.00. The van der Waals surface area contributed by atoms with Crippen LogP contribution >= 0.6 is 11.8 Å². The lowest BCUT2D eigenvalue weighted by atomic mass is 10.3. The molecule has 0 saturated carbocycles. The third-order valence-electron chi connectivity index (χ3n) is 2.14. The van der Waals surface area contributed by atoms with E-state index in [-0.39, 0.29) is 5.56 Å². The number of hydrogen-bond donors (Lipinski definition) is 2. The van der Waals surface area contributed by atoms with Crippen molar-refractivity contribution < 1.29 is 14.3 Å². The fourth-order valence-electron chi connectivity index (χ4n) is 1.33. The quantitative estimate of drug-likeness (QED) is 0.643. The number of carboxylic acids is 1. The van der Waals surface area contributed by atoms with Gasteiger partial charge in [-0.1, -0.05) is 6.07 Å². The van der Waals surface area contributed by atoms with Gasteiger partial charge in [0.1, 0.15) is 12.0 Å². The highest BCUT2D eigenvalue weighted by molar-refractivity contribution is 7.98. The number of benzene rings is 1. The van der Waals surface area contributed by atoms with Crippen molar-refractivity contribution in [2.45, 2.75) is 10.6 Å². The normalized spacial score (nSPS) is 10.4. The number of aromatic carboxylic acids is 1. The van der Waals surface area contributed by atoms with Gasteiger partial charge in [-0.15, -0.1) is 11.8 Å². The number of anilines is 1. The number of nitrogens with two attached hydrogens (primary N) is 1. The van der Waals surface area contributed by atoms with Crippen molar-refractivity contribution in [3.05, 3.63) is 47.9 Å². The molecule has 0 aliphatic carbocycles. The molecule has 17 heavy (non-hydrogen) atoms. The SMILES string of the molecule is Nc1cccc(SCc2cc(C(=O)O)co2)c1. The van der Waals surface area contributed by atoms with Crippen molar-refractivity contribution in [3.63, 3.8) is 0 Å². The summed E-state index contributed by atoms with van der Waals surface area (Å²) in [4.78, 5) is 11.7. The first-order chi connectivity index (χ1) is 8.15. The van der Waals surface area contributed by atoms with Crippen molar-refractivity contribution >= 4 is 23.4 Å². The van der Waals surface area contributed by atoms with Crippen molar-refractivity contribution in [1.29, 1.82) is 0 Å². The van der Waals surface area contributed by atoms with Gasteiger partial charge in [-0.2, -0.15) is 0 Å². The van der Waals surface area contributed by atoms with Gasteiger partial charge in [0.2, 0.25) is 0 Å². The predicted molar refractivity (Wildman–Crippen MR) is 66.1 cm³/mol. The molecule has 5 heteroatoms. The molecule has 0 aliphatic rings. The van der Waals surface area contributed by atoms with Crippen LogP contribution in [-0.2, 0) is 5.75 Å². The van der Waals surface area contributed by atoms with E-state index in [4.69, 9.17) is 15.3 Å². The fraction of sp³-hybridized carbons (Fsp3) is 0.0833. The van der Waals surface area contributed by atoms with Gasteiger partial charge in [0, 0.05) is 10.6 Å². The molecule has 1 aromatic carbocycles. The number of carboxylic acid groups (broad SMARTS) is 1. The molecule has 0 saturated heterocycles. The smallest absolute Gasteiger partial charge is 0.338 e. The summed E-state index contributed by atoms with van der Waals surface area (Å²) >= 11 is 1.55. The van der Waals surface area contributed by atoms with Crippen LogP contribution in [-0.4, -0.2) is 11.1 Å². The maximum Gasteiger partial charge on any atom is 0.338 e. The largest absolute Gasteiger partial charge is 0.478 e. The first kappa shape index (κ1) is 11.6. The molecule has 1 heterocycles. The molecule has 0 spiro atoms. The van der Waals surface area contributed by atoms with Gasteiger partial charge in [0.25, 0.3) is 0 Å². The summed E-state index contributed by atoms with van der Waals surface area (Å²) in [5.74, 6) is 0.236. The molecular weight excluding hydrogens is 238 g/mol. The van der Waals surface area contributed by atoms with E-state index in [9.17, 15) is 4.79 Å². The average molecular weight is 249 g/mol. The Balaban J connectivity index is 2.00. The van der Waals surface area contributed by atoms with Crippen LogP contribution in [0.2, 0.25) is 0 Å². The standard InChI is InChI=1S/C12H11NO3S/c13-9-2-1-3-11(5-9)17-7-10-4-8(6-16-10)12(14)15/h1-6H,7,13H2,(H,14,15). The Hall–Kier alpha value is -1.88.